The second-order valence-corrected chi connectivity index (χ2v) is 10.6. The normalized spacial score (nSPS) is 14.5. The number of hydrogen-bond donors (Lipinski definition) is 1. The largest absolute Gasteiger partial charge is 0.408 e. The first kappa shape index (κ1) is 16.7. The molecule has 0 spiro atoms. The molecule has 0 radical (unpaired) electrons. The Labute approximate surface area is 123 Å². The van der Waals surface area contributed by atoms with E-state index in [1.165, 1.54) is 6.92 Å². The summed E-state index contributed by atoms with van der Waals surface area (Å²) in [5, 5.41) is 0.0322. The van der Waals surface area contributed by atoms with Crippen LogP contribution in [0.5, 0.6) is 0 Å². The monoisotopic (exact) mass is 327 g/mol. The number of halogens is 4. The Kier molecular flexibility index (Phi) is 4.88. The maximum atomic E-state index is 14.3. The number of alkyl halides is 2. The molecule has 2 N–H and O–H groups in total. The molecule has 0 amide bonds. The Hall–Kier alpha value is -0.363. The van der Waals surface area contributed by atoms with Crippen LogP contribution in [0.3, 0.4) is 0 Å². The van der Waals surface area contributed by atoms with Gasteiger partial charge in [-0.05, 0) is 38.7 Å². The van der Waals surface area contributed by atoms with E-state index in [0.29, 0.717) is 0 Å². The molecule has 0 aliphatic heterocycles. The summed E-state index contributed by atoms with van der Waals surface area (Å²) in [6, 6.07) is 2.26. The van der Waals surface area contributed by atoms with Crippen LogP contribution >= 0.6 is 23.2 Å². The van der Waals surface area contributed by atoms with Gasteiger partial charge < -0.3 is 10.2 Å². The van der Waals surface area contributed by atoms with Gasteiger partial charge in [0.15, 0.2) is 8.32 Å². The summed E-state index contributed by atoms with van der Waals surface area (Å²) in [4.78, 5) is 0. The topological polar surface area (TPSA) is 35.2 Å². The predicted octanol–water partition coefficient (Wildman–Crippen LogP) is 4.91. The minimum absolute atomic E-state index is 0.0161. The van der Waals surface area contributed by atoms with Crippen molar-refractivity contribution in [1.82, 2.24) is 0 Å². The Balaban J connectivity index is 3.13. The van der Waals surface area contributed by atoms with Gasteiger partial charge >= 0.3 is 0 Å². The second-order valence-electron chi connectivity index (χ2n) is 5.35. The van der Waals surface area contributed by atoms with Gasteiger partial charge in [0.2, 0.25) is 0 Å². The van der Waals surface area contributed by atoms with Gasteiger partial charge in [-0.15, -0.1) is 0 Å². The van der Waals surface area contributed by atoms with E-state index in [0.717, 1.165) is 12.1 Å². The van der Waals surface area contributed by atoms with E-state index in [1.54, 1.807) is 0 Å². The summed E-state index contributed by atoms with van der Waals surface area (Å²) in [5.41, 5.74) is 5.35. The molecule has 0 saturated carbocycles. The molecule has 19 heavy (non-hydrogen) atoms. The van der Waals surface area contributed by atoms with E-state index in [9.17, 15) is 8.78 Å². The fourth-order valence-corrected chi connectivity index (χ4v) is 3.31. The summed E-state index contributed by atoms with van der Waals surface area (Å²) >= 11 is 11.6. The van der Waals surface area contributed by atoms with Crippen LogP contribution in [0.15, 0.2) is 12.1 Å². The Bertz CT molecular complexity index is 454. The fraction of sp³-hybridized carbons (Fsp3) is 0.500. The highest BCUT2D eigenvalue weighted by atomic mass is 35.5. The third kappa shape index (κ3) is 4.05. The van der Waals surface area contributed by atoms with Crippen LogP contribution in [-0.4, -0.2) is 14.4 Å². The van der Waals surface area contributed by atoms with Crippen LogP contribution in [0.4, 0.5) is 14.5 Å². The molecule has 0 heterocycles. The third-order valence-electron chi connectivity index (χ3n) is 2.50. The molecule has 7 heteroatoms. The number of hydrogen-bond acceptors (Lipinski definition) is 2. The lowest BCUT2D eigenvalue weighted by atomic mass is 10.0. The van der Waals surface area contributed by atoms with Gasteiger partial charge in [0.05, 0.1) is 15.7 Å². The van der Waals surface area contributed by atoms with Crippen LogP contribution in [0, 0.1) is 0 Å². The van der Waals surface area contributed by atoms with Crippen LogP contribution in [0.1, 0.15) is 12.5 Å². The summed E-state index contributed by atoms with van der Waals surface area (Å²) in [6.45, 7) is 6.89. The average molecular weight is 328 g/mol. The molecular weight excluding hydrogens is 311 g/mol. The highest BCUT2D eigenvalue weighted by Crippen LogP contribution is 2.39. The molecule has 1 rings (SSSR count). The summed E-state index contributed by atoms with van der Waals surface area (Å²) < 4.78 is 34.1. The SMILES string of the molecule is CC(O[Si](C)(C)C)C(F)(F)c1cc(Cl)c(N)c(Cl)c1. The van der Waals surface area contributed by atoms with Gasteiger partial charge in [-0.2, -0.15) is 8.78 Å². The minimum Gasteiger partial charge on any atom is -0.408 e. The van der Waals surface area contributed by atoms with Crippen molar-refractivity contribution >= 4 is 37.2 Å². The van der Waals surface area contributed by atoms with E-state index >= 15 is 0 Å². The maximum absolute atomic E-state index is 14.3. The van der Waals surface area contributed by atoms with Gasteiger partial charge in [-0.1, -0.05) is 23.2 Å². The van der Waals surface area contributed by atoms with Crippen molar-refractivity contribution < 1.29 is 13.2 Å². The molecule has 1 aromatic rings. The van der Waals surface area contributed by atoms with E-state index in [-0.39, 0.29) is 21.3 Å². The molecule has 108 valence electrons. The van der Waals surface area contributed by atoms with Gasteiger partial charge in [0.25, 0.3) is 5.92 Å². The predicted molar refractivity (Wildman–Crippen MR) is 78.7 cm³/mol. The lowest BCUT2D eigenvalue weighted by Gasteiger charge is -2.30. The molecule has 1 aromatic carbocycles. The summed E-state index contributed by atoms with van der Waals surface area (Å²) in [5.74, 6) is -3.18. The molecule has 0 bridgehead atoms. The standard InChI is InChI=1S/C12H17Cl2F2NOSi/c1-7(18-19(2,3)4)12(15,16)8-5-9(13)11(17)10(14)6-8/h5-7H,17H2,1-4H3. The van der Waals surface area contributed by atoms with E-state index in [2.05, 4.69) is 0 Å². The van der Waals surface area contributed by atoms with E-state index in [4.69, 9.17) is 33.4 Å². The molecule has 0 fully saturated rings. The first-order valence-electron chi connectivity index (χ1n) is 5.76. The van der Waals surface area contributed by atoms with Crippen LogP contribution < -0.4 is 5.73 Å². The van der Waals surface area contributed by atoms with Gasteiger partial charge in [-0.3, -0.25) is 0 Å². The van der Waals surface area contributed by atoms with Crippen molar-refractivity contribution in [2.75, 3.05) is 5.73 Å². The maximum Gasteiger partial charge on any atom is 0.297 e. The van der Waals surface area contributed by atoms with Crippen LogP contribution in [-0.2, 0) is 10.3 Å². The molecule has 1 unspecified atom stereocenters. The average Bonchev–Trinajstić information content (AvgIpc) is 2.22. The van der Waals surface area contributed by atoms with Crippen molar-refractivity contribution in [3.63, 3.8) is 0 Å². The number of benzene rings is 1. The van der Waals surface area contributed by atoms with E-state index in [1.807, 2.05) is 19.6 Å². The number of nitrogens with two attached hydrogens (primary N) is 1. The van der Waals surface area contributed by atoms with Crippen LogP contribution in [0.2, 0.25) is 29.7 Å². The van der Waals surface area contributed by atoms with Crippen molar-refractivity contribution in [3.8, 4) is 0 Å². The van der Waals surface area contributed by atoms with Crippen molar-refractivity contribution in [3.05, 3.63) is 27.7 Å². The second kappa shape index (κ2) is 5.56. The van der Waals surface area contributed by atoms with Gasteiger partial charge in [0, 0.05) is 5.56 Å². The van der Waals surface area contributed by atoms with Crippen molar-refractivity contribution in [2.45, 2.75) is 38.6 Å². The van der Waals surface area contributed by atoms with Crippen molar-refractivity contribution in [1.29, 1.82) is 0 Å². The van der Waals surface area contributed by atoms with Gasteiger partial charge in [-0.25, -0.2) is 0 Å². The lowest BCUT2D eigenvalue weighted by molar-refractivity contribution is -0.0977. The number of rotatable bonds is 4. The molecule has 0 aliphatic carbocycles. The zero-order valence-corrected chi connectivity index (χ0v) is 13.7. The first-order chi connectivity index (χ1) is 8.45. The summed E-state index contributed by atoms with van der Waals surface area (Å²) in [7, 11) is -2.07. The number of nitrogen functional groups attached to an aromatic ring is 1. The Morgan fingerprint density at radius 2 is 1.63 bits per heavy atom. The quantitative estimate of drug-likeness (QED) is 0.630. The number of anilines is 1. The zero-order valence-electron chi connectivity index (χ0n) is 11.2. The summed E-state index contributed by atoms with van der Waals surface area (Å²) in [6.07, 6.45) is -1.25. The third-order valence-corrected chi connectivity index (χ3v) is 4.19. The molecule has 1 atom stereocenters. The Morgan fingerprint density at radius 1 is 1.21 bits per heavy atom. The molecule has 0 aliphatic rings. The van der Waals surface area contributed by atoms with Crippen LogP contribution in [0.25, 0.3) is 0 Å². The zero-order chi connectivity index (χ0) is 15.0. The van der Waals surface area contributed by atoms with Crippen molar-refractivity contribution in [2.24, 2.45) is 0 Å². The highest BCUT2D eigenvalue weighted by Gasteiger charge is 2.42. The first-order valence-corrected chi connectivity index (χ1v) is 9.92. The smallest absolute Gasteiger partial charge is 0.297 e. The van der Waals surface area contributed by atoms with E-state index < -0.39 is 20.3 Å². The molecule has 2 nitrogen and oxygen atoms in total. The Morgan fingerprint density at radius 3 is 2.00 bits per heavy atom. The fourth-order valence-electron chi connectivity index (χ4n) is 1.62. The molecule has 0 aromatic heterocycles. The lowest BCUT2D eigenvalue weighted by Crippen LogP contribution is -2.39. The minimum atomic E-state index is -3.18. The van der Waals surface area contributed by atoms with Gasteiger partial charge in [0.1, 0.15) is 6.10 Å². The molecular formula is C12H17Cl2F2NOSi. The molecule has 0 saturated heterocycles. The highest BCUT2D eigenvalue weighted by molar-refractivity contribution is 6.69.